The molecule has 0 aliphatic rings. The molecular formula is C16H29FO2. The Balaban J connectivity index is 3.25. The van der Waals surface area contributed by atoms with Gasteiger partial charge in [0.25, 0.3) is 0 Å². The molecular weight excluding hydrogens is 243 g/mol. The van der Waals surface area contributed by atoms with E-state index >= 15 is 0 Å². The van der Waals surface area contributed by atoms with Crippen molar-refractivity contribution in [2.24, 2.45) is 0 Å². The summed E-state index contributed by atoms with van der Waals surface area (Å²) in [6.45, 7) is 3.82. The van der Waals surface area contributed by atoms with Crippen LogP contribution in [0.3, 0.4) is 0 Å². The van der Waals surface area contributed by atoms with Crippen LogP contribution >= 0.6 is 0 Å². The molecule has 0 rings (SSSR count). The Morgan fingerprint density at radius 1 is 0.947 bits per heavy atom. The lowest BCUT2D eigenvalue weighted by atomic mass is 10.1. The zero-order valence-electron chi connectivity index (χ0n) is 12.5. The number of rotatable bonds is 12. The number of carbonyl (C=O) groups excluding carboxylic acids is 1. The van der Waals surface area contributed by atoms with E-state index in [1.54, 1.807) is 13.0 Å². The van der Waals surface area contributed by atoms with E-state index in [9.17, 15) is 9.32 Å². The van der Waals surface area contributed by atoms with Gasteiger partial charge in [0.1, 0.15) is 0 Å². The lowest BCUT2D eigenvalue weighted by Gasteiger charge is -2.01. The third-order valence-corrected chi connectivity index (χ3v) is 3.40. The van der Waals surface area contributed by atoms with Gasteiger partial charge in [0.2, 0.25) is 0 Å². The predicted octanol–water partition coefficient (Wildman–Crippen LogP) is 5.67. The van der Waals surface area contributed by atoms with Crippen LogP contribution in [0.25, 0.3) is 0 Å². The maximum absolute atomic E-state index is 11.6. The number of allylic oxidation sites excluding steroid dienone is 1. The van der Waals surface area contributed by atoms with Crippen LogP contribution in [0.5, 0.6) is 0 Å². The Hall–Kier alpha value is -0.860. The first-order valence-electron chi connectivity index (χ1n) is 7.72. The van der Waals surface area contributed by atoms with E-state index in [1.165, 1.54) is 57.8 Å². The van der Waals surface area contributed by atoms with E-state index in [4.69, 9.17) is 0 Å². The fourth-order valence-corrected chi connectivity index (χ4v) is 2.09. The monoisotopic (exact) mass is 272 g/mol. The first-order valence-corrected chi connectivity index (χ1v) is 7.72. The molecule has 0 unspecified atom stereocenters. The lowest BCUT2D eigenvalue weighted by Crippen LogP contribution is -1.98. The van der Waals surface area contributed by atoms with Crippen LogP contribution in [-0.2, 0) is 9.74 Å². The molecule has 19 heavy (non-hydrogen) atoms. The third-order valence-electron chi connectivity index (χ3n) is 3.40. The summed E-state index contributed by atoms with van der Waals surface area (Å²) in [6, 6.07) is 0. The highest BCUT2D eigenvalue weighted by molar-refractivity contribution is 5.87. The Morgan fingerprint density at radius 3 is 1.89 bits per heavy atom. The van der Waals surface area contributed by atoms with Crippen LogP contribution in [0, 0.1) is 0 Å². The van der Waals surface area contributed by atoms with Gasteiger partial charge < -0.3 is 0 Å². The van der Waals surface area contributed by atoms with Gasteiger partial charge in [-0.2, -0.15) is 0 Å². The zero-order valence-corrected chi connectivity index (χ0v) is 12.5. The molecule has 0 N–H and O–H groups in total. The minimum absolute atomic E-state index is 0.360. The fraction of sp³-hybridized carbons (Fsp3) is 0.812. The van der Waals surface area contributed by atoms with E-state index in [0.717, 1.165) is 12.8 Å². The van der Waals surface area contributed by atoms with E-state index in [-0.39, 0.29) is 0 Å². The van der Waals surface area contributed by atoms with Gasteiger partial charge in [-0.05, 0) is 19.8 Å². The summed E-state index contributed by atoms with van der Waals surface area (Å²) in [7, 11) is 0. The van der Waals surface area contributed by atoms with Gasteiger partial charge >= 0.3 is 5.97 Å². The van der Waals surface area contributed by atoms with Crippen molar-refractivity contribution < 1.29 is 14.3 Å². The molecule has 0 saturated carbocycles. The van der Waals surface area contributed by atoms with Gasteiger partial charge in [-0.3, -0.25) is 0 Å². The third kappa shape index (κ3) is 11.9. The van der Waals surface area contributed by atoms with Gasteiger partial charge in [-0.15, -0.1) is 0 Å². The largest absolute Gasteiger partial charge is 0.374 e. The Morgan fingerprint density at radius 2 is 1.42 bits per heavy atom. The van der Waals surface area contributed by atoms with Gasteiger partial charge in [0.15, 0.2) is 0 Å². The summed E-state index contributed by atoms with van der Waals surface area (Å²) < 4.78 is 11.6. The Bertz CT molecular complexity index is 249. The van der Waals surface area contributed by atoms with E-state index in [1.807, 2.05) is 0 Å². The number of halogens is 1. The number of unbranched alkanes of at least 4 members (excludes halogenated alkanes) is 10. The second-order valence-electron chi connectivity index (χ2n) is 5.22. The molecule has 0 aliphatic heterocycles. The van der Waals surface area contributed by atoms with Crippen molar-refractivity contribution in [3.05, 3.63) is 11.6 Å². The van der Waals surface area contributed by atoms with Gasteiger partial charge in [-0.25, -0.2) is 9.74 Å². The zero-order chi connectivity index (χ0) is 14.3. The van der Waals surface area contributed by atoms with Crippen molar-refractivity contribution in [1.82, 2.24) is 0 Å². The van der Waals surface area contributed by atoms with Crippen LogP contribution in [0.1, 0.15) is 84.5 Å². The molecule has 0 amide bonds. The first-order chi connectivity index (χ1) is 9.22. The average molecular weight is 272 g/mol. The highest BCUT2D eigenvalue weighted by Crippen LogP contribution is 2.12. The molecule has 0 aliphatic carbocycles. The van der Waals surface area contributed by atoms with E-state index < -0.39 is 5.97 Å². The molecule has 0 saturated heterocycles. The van der Waals surface area contributed by atoms with Crippen molar-refractivity contribution in [2.75, 3.05) is 0 Å². The highest BCUT2D eigenvalue weighted by atomic mass is 19.3. The maximum Gasteiger partial charge on any atom is 0.374 e. The molecule has 0 heterocycles. The SMILES string of the molecule is CCCCCCCCCCCCC=C(C)C(=O)OF. The minimum atomic E-state index is -0.868. The molecule has 0 aromatic carbocycles. The minimum Gasteiger partial charge on any atom is -0.250 e. The van der Waals surface area contributed by atoms with Crippen molar-refractivity contribution in [2.45, 2.75) is 84.5 Å². The van der Waals surface area contributed by atoms with Crippen molar-refractivity contribution in [3.63, 3.8) is 0 Å². The molecule has 0 fully saturated rings. The molecule has 0 aromatic rings. The average Bonchev–Trinajstić information content (AvgIpc) is 2.43. The normalized spacial score (nSPS) is 11.6. The number of carbonyl (C=O) groups is 1. The summed E-state index contributed by atoms with van der Waals surface area (Å²) in [5, 5.41) is 0. The van der Waals surface area contributed by atoms with Crippen LogP contribution in [0.4, 0.5) is 4.53 Å². The first kappa shape index (κ1) is 18.1. The van der Waals surface area contributed by atoms with Gasteiger partial charge in [0.05, 0.1) is 0 Å². The van der Waals surface area contributed by atoms with Crippen LogP contribution in [0.15, 0.2) is 11.6 Å². The predicted molar refractivity (Wildman–Crippen MR) is 77.4 cm³/mol. The quantitative estimate of drug-likeness (QED) is 0.338. The molecule has 0 aromatic heterocycles. The summed E-state index contributed by atoms with van der Waals surface area (Å²) in [6.07, 6.45) is 15.5. The van der Waals surface area contributed by atoms with Gasteiger partial charge in [-0.1, -0.05) is 70.8 Å². The van der Waals surface area contributed by atoms with E-state index in [0.29, 0.717) is 5.57 Å². The standard InChI is InChI=1S/C16H29FO2/c1-3-4-5-6-7-8-9-10-11-12-13-14-15(2)16(18)19-17/h14H,3-13H2,1-2H3. The smallest absolute Gasteiger partial charge is 0.250 e. The molecule has 3 heteroatoms. The number of hydrogen-bond acceptors (Lipinski definition) is 2. The molecule has 0 bridgehead atoms. The number of hydrogen-bond donors (Lipinski definition) is 0. The summed E-state index contributed by atoms with van der Waals surface area (Å²) in [5.41, 5.74) is 0.360. The van der Waals surface area contributed by atoms with Gasteiger partial charge in [0, 0.05) is 10.1 Å². The van der Waals surface area contributed by atoms with Crippen molar-refractivity contribution in [1.29, 1.82) is 0 Å². The van der Waals surface area contributed by atoms with Crippen molar-refractivity contribution >= 4 is 5.97 Å². The summed E-state index contributed by atoms with van der Waals surface area (Å²) >= 11 is 0. The molecule has 2 nitrogen and oxygen atoms in total. The summed E-state index contributed by atoms with van der Waals surface area (Å²) in [5.74, 6) is -0.868. The molecule has 0 radical (unpaired) electrons. The van der Waals surface area contributed by atoms with Crippen LogP contribution < -0.4 is 0 Å². The molecule has 112 valence electrons. The van der Waals surface area contributed by atoms with E-state index in [2.05, 4.69) is 11.9 Å². The second-order valence-corrected chi connectivity index (χ2v) is 5.22. The van der Waals surface area contributed by atoms with Crippen LogP contribution in [-0.4, -0.2) is 5.97 Å². The topological polar surface area (TPSA) is 26.3 Å². The molecule has 0 spiro atoms. The maximum atomic E-state index is 11.6. The Labute approximate surface area is 117 Å². The Kier molecular flexibility index (Phi) is 13.0. The van der Waals surface area contributed by atoms with Crippen LogP contribution in [0.2, 0.25) is 0 Å². The fourth-order valence-electron chi connectivity index (χ4n) is 2.09. The lowest BCUT2D eigenvalue weighted by molar-refractivity contribution is -0.178. The second kappa shape index (κ2) is 13.6. The van der Waals surface area contributed by atoms with Crippen molar-refractivity contribution in [3.8, 4) is 0 Å². The summed E-state index contributed by atoms with van der Waals surface area (Å²) in [4.78, 5) is 13.9. The molecule has 0 atom stereocenters. The highest BCUT2D eigenvalue weighted by Gasteiger charge is 2.04.